The van der Waals surface area contributed by atoms with Crippen LogP contribution in [0.25, 0.3) is 0 Å². The maximum absolute atomic E-state index is 13.1. The summed E-state index contributed by atoms with van der Waals surface area (Å²) in [6, 6.07) is 9.81. The molecule has 0 aromatic heterocycles. The minimum absolute atomic E-state index is 0.0737. The SMILES string of the molecule is CS(=O)(=O)c1ccc([C@@H]2CC(C(F)(F)F)=NN2c2ccc(F)cc2)cc1. The fourth-order valence-electron chi connectivity index (χ4n) is 2.71. The molecule has 138 valence electrons. The molecule has 4 nitrogen and oxygen atoms in total. The molecule has 1 atom stereocenters. The van der Waals surface area contributed by atoms with Crippen molar-refractivity contribution in [3.63, 3.8) is 0 Å². The molecule has 1 heterocycles. The summed E-state index contributed by atoms with van der Waals surface area (Å²) in [6.07, 6.45) is -3.92. The second-order valence-corrected chi connectivity index (χ2v) is 7.94. The van der Waals surface area contributed by atoms with E-state index >= 15 is 0 Å². The minimum atomic E-state index is -4.58. The van der Waals surface area contributed by atoms with Gasteiger partial charge in [-0.1, -0.05) is 12.1 Å². The van der Waals surface area contributed by atoms with Crippen molar-refractivity contribution in [3.8, 4) is 0 Å². The van der Waals surface area contributed by atoms with E-state index in [1.54, 1.807) is 0 Å². The van der Waals surface area contributed by atoms with E-state index in [1.807, 2.05) is 0 Å². The number of anilines is 1. The summed E-state index contributed by atoms with van der Waals surface area (Å²) in [5, 5.41) is 4.85. The van der Waals surface area contributed by atoms with Gasteiger partial charge in [0.1, 0.15) is 11.5 Å². The zero-order valence-corrected chi connectivity index (χ0v) is 14.4. The second-order valence-electron chi connectivity index (χ2n) is 5.93. The third kappa shape index (κ3) is 3.72. The van der Waals surface area contributed by atoms with E-state index in [9.17, 15) is 26.0 Å². The minimum Gasteiger partial charge on any atom is -0.257 e. The Balaban J connectivity index is 2.00. The molecule has 0 bridgehead atoms. The highest BCUT2D eigenvalue weighted by Gasteiger charge is 2.43. The molecular weight excluding hydrogens is 372 g/mol. The van der Waals surface area contributed by atoms with E-state index in [-0.39, 0.29) is 11.3 Å². The zero-order chi connectivity index (χ0) is 19.1. The Kier molecular flexibility index (Phi) is 4.51. The van der Waals surface area contributed by atoms with Crippen LogP contribution in [-0.2, 0) is 9.84 Å². The number of sulfone groups is 1. The van der Waals surface area contributed by atoms with Gasteiger partial charge in [0.2, 0.25) is 0 Å². The molecule has 0 radical (unpaired) electrons. The molecule has 1 aliphatic rings. The zero-order valence-electron chi connectivity index (χ0n) is 13.5. The number of halogens is 4. The Morgan fingerprint density at radius 1 is 1.04 bits per heavy atom. The van der Waals surface area contributed by atoms with Crippen LogP contribution in [0.5, 0.6) is 0 Å². The van der Waals surface area contributed by atoms with Crippen LogP contribution in [0, 0.1) is 5.82 Å². The van der Waals surface area contributed by atoms with Gasteiger partial charge in [-0.15, -0.1) is 0 Å². The van der Waals surface area contributed by atoms with E-state index in [0.29, 0.717) is 11.3 Å². The van der Waals surface area contributed by atoms with E-state index in [1.165, 1.54) is 41.4 Å². The van der Waals surface area contributed by atoms with Gasteiger partial charge in [-0.25, -0.2) is 12.8 Å². The predicted molar refractivity (Wildman–Crippen MR) is 89.3 cm³/mol. The number of benzene rings is 2. The molecule has 0 saturated heterocycles. The van der Waals surface area contributed by atoms with Crippen molar-refractivity contribution in [2.45, 2.75) is 23.5 Å². The van der Waals surface area contributed by atoms with Crippen LogP contribution in [0.4, 0.5) is 23.2 Å². The second kappa shape index (κ2) is 6.39. The van der Waals surface area contributed by atoms with Crippen LogP contribution in [0.3, 0.4) is 0 Å². The van der Waals surface area contributed by atoms with Crippen molar-refractivity contribution in [2.75, 3.05) is 11.3 Å². The summed E-state index contributed by atoms with van der Waals surface area (Å²) in [4.78, 5) is 0.0737. The number of alkyl halides is 3. The topological polar surface area (TPSA) is 49.7 Å². The molecule has 0 aliphatic carbocycles. The first-order valence-electron chi connectivity index (χ1n) is 7.55. The Labute approximate surface area is 147 Å². The van der Waals surface area contributed by atoms with Gasteiger partial charge in [0.15, 0.2) is 9.84 Å². The van der Waals surface area contributed by atoms with Crippen molar-refractivity contribution in [1.82, 2.24) is 0 Å². The maximum Gasteiger partial charge on any atom is 0.431 e. The third-order valence-corrected chi connectivity index (χ3v) is 5.15. The van der Waals surface area contributed by atoms with Crippen molar-refractivity contribution in [2.24, 2.45) is 5.10 Å². The van der Waals surface area contributed by atoms with Gasteiger partial charge < -0.3 is 0 Å². The van der Waals surface area contributed by atoms with Crippen molar-refractivity contribution in [3.05, 3.63) is 59.9 Å². The van der Waals surface area contributed by atoms with Crippen LogP contribution >= 0.6 is 0 Å². The van der Waals surface area contributed by atoms with E-state index < -0.39 is 33.6 Å². The fraction of sp³-hybridized carbons (Fsp3) is 0.235. The first-order chi connectivity index (χ1) is 12.1. The largest absolute Gasteiger partial charge is 0.431 e. The lowest BCUT2D eigenvalue weighted by atomic mass is 10.0. The van der Waals surface area contributed by atoms with Gasteiger partial charge in [0, 0.05) is 12.7 Å². The van der Waals surface area contributed by atoms with Gasteiger partial charge in [-0.2, -0.15) is 18.3 Å². The molecular formula is C17H14F4N2O2S. The lowest BCUT2D eigenvalue weighted by Crippen LogP contribution is -2.21. The molecule has 0 amide bonds. The summed E-state index contributed by atoms with van der Waals surface area (Å²) >= 11 is 0. The molecule has 9 heteroatoms. The van der Waals surface area contributed by atoms with Crippen molar-refractivity contribution in [1.29, 1.82) is 0 Å². The number of rotatable bonds is 3. The van der Waals surface area contributed by atoms with Crippen LogP contribution in [-0.4, -0.2) is 26.6 Å². The lowest BCUT2D eigenvalue weighted by molar-refractivity contribution is -0.0600. The molecule has 26 heavy (non-hydrogen) atoms. The van der Waals surface area contributed by atoms with Gasteiger partial charge in [-0.05, 0) is 42.0 Å². The summed E-state index contributed by atoms with van der Waals surface area (Å²) in [5.41, 5.74) is -0.161. The molecule has 0 saturated carbocycles. The third-order valence-electron chi connectivity index (χ3n) is 4.02. The normalized spacial score (nSPS) is 18.1. The molecule has 0 fully saturated rings. The maximum atomic E-state index is 13.1. The average Bonchev–Trinajstić information content (AvgIpc) is 3.00. The number of hydrogen-bond donors (Lipinski definition) is 0. The van der Waals surface area contributed by atoms with Crippen LogP contribution in [0.1, 0.15) is 18.0 Å². The highest BCUT2D eigenvalue weighted by Crippen LogP contribution is 2.39. The van der Waals surface area contributed by atoms with Crippen LogP contribution in [0.2, 0.25) is 0 Å². The lowest BCUT2D eigenvalue weighted by Gasteiger charge is -2.24. The Morgan fingerprint density at radius 3 is 2.12 bits per heavy atom. The van der Waals surface area contributed by atoms with E-state index in [0.717, 1.165) is 18.4 Å². The van der Waals surface area contributed by atoms with Crippen molar-refractivity contribution < 1.29 is 26.0 Å². The Morgan fingerprint density at radius 2 is 1.62 bits per heavy atom. The molecule has 1 aliphatic heterocycles. The highest BCUT2D eigenvalue weighted by atomic mass is 32.2. The molecule has 0 unspecified atom stereocenters. The van der Waals surface area contributed by atoms with E-state index in [2.05, 4.69) is 5.10 Å². The van der Waals surface area contributed by atoms with Gasteiger partial charge >= 0.3 is 6.18 Å². The first-order valence-corrected chi connectivity index (χ1v) is 9.44. The predicted octanol–water partition coefficient (Wildman–Crippen LogP) is 4.10. The van der Waals surface area contributed by atoms with Gasteiger partial charge in [0.05, 0.1) is 16.6 Å². The number of nitrogens with zero attached hydrogens (tertiary/aromatic N) is 2. The Bertz CT molecular complexity index is 936. The molecule has 0 N–H and O–H groups in total. The molecule has 0 spiro atoms. The summed E-state index contributed by atoms with van der Waals surface area (Å²) < 4.78 is 75.6. The molecule has 2 aromatic rings. The van der Waals surface area contributed by atoms with E-state index in [4.69, 9.17) is 0 Å². The van der Waals surface area contributed by atoms with Crippen molar-refractivity contribution >= 4 is 21.2 Å². The average molecular weight is 386 g/mol. The number of hydrogen-bond acceptors (Lipinski definition) is 4. The quantitative estimate of drug-likeness (QED) is 0.747. The highest BCUT2D eigenvalue weighted by molar-refractivity contribution is 7.90. The smallest absolute Gasteiger partial charge is 0.257 e. The first kappa shape index (κ1) is 18.4. The standard InChI is InChI=1S/C17H14F4N2O2S/c1-26(24,25)14-8-2-11(3-9-14)15-10-16(17(19,20)21)22-23(15)13-6-4-12(18)5-7-13/h2-9,15H,10H2,1H3/t15-/m0/s1. The number of hydrazone groups is 1. The van der Waals surface area contributed by atoms with Crippen LogP contribution < -0.4 is 5.01 Å². The summed E-state index contributed by atoms with van der Waals surface area (Å²) in [6.45, 7) is 0. The van der Waals surface area contributed by atoms with Gasteiger partial charge in [-0.3, -0.25) is 5.01 Å². The monoisotopic (exact) mass is 386 g/mol. The van der Waals surface area contributed by atoms with Gasteiger partial charge in [0.25, 0.3) is 0 Å². The fourth-order valence-corrected chi connectivity index (χ4v) is 3.34. The summed E-state index contributed by atoms with van der Waals surface area (Å²) in [5.74, 6) is -0.512. The van der Waals surface area contributed by atoms with Crippen LogP contribution in [0.15, 0.2) is 58.5 Å². The summed E-state index contributed by atoms with van der Waals surface area (Å²) in [7, 11) is -3.41. The molecule has 3 rings (SSSR count). The Hall–Kier alpha value is -2.42. The molecule has 2 aromatic carbocycles.